The molecule has 22 heavy (non-hydrogen) atoms. The van der Waals surface area contributed by atoms with Crippen LogP contribution in [0.4, 0.5) is 0 Å². The molecule has 0 spiro atoms. The molecule has 2 N–H and O–H groups in total. The fraction of sp³-hybridized carbons (Fsp3) is 0.438. The van der Waals surface area contributed by atoms with E-state index < -0.39 is 17.9 Å². The Labute approximate surface area is 130 Å². The summed E-state index contributed by atoms with van der Waals surface area (Å²) < 4.78 is 4.97. The molecule has 6 nitrogen and oxygen atoms in total. The number of benzene rings is 1. The summed E-state index contributed by atoms with van der Waals surface area (Å²) in [6.07, 6.45) is 0.465. The Morgan fingerprint density at radius 1 is 1.14 bits per heavy atom. The van der Waals surface area contributed by atoms with Crippen molar-refractivity contribution in [1.82, 2.24) is 10.9 Å². The third kappa shape index (κ3) is 4.96. The summed E-state index contributed by atoms with van der Waals surface area (Å²) in [6, 6.07) is 7.67. The van der Waals surface area contributed by atoms with Gasteiger partial charge >= 0.3 is 5.97 Å². The molecular formula is C16H22N2O4. The molecule has 0 aliphatic carbocycles. The Bertz CT molecular complexity index is 516. The zero-order valence-electron chi connectivity index (χ0n) is 13.1. The highest BCUT2D eigenvalue weighted by Gasteiger charge is 2.31. The van der Waals surface area contributed by atoms with Crippen LogP contribution in [0.5, 0.6) is 0 Å². The predicted octanol–water partition coefficient (Wildman–Crippen LogP) is 1.47. The summed E-state index contributed by atoms with van der Waals surface area (Å²) in [6.45, 7) is 5.12. The molecule has 0 aromatic heterocycles. The maximum absolute atomic E-state index is 12.0. The number of rotatable bonds is 8. The number of hydrogen-bond acceptors (Lipinski definition) is 5. The smallest absolute Gasteiger partial charge is 0.325 e. The van der Waals surface area contributed by atoms with Crippen LogP contribution in [0.15, 0.2) is 30.3 Å². The number of amides is 1. The Morgan fingerprint density at radius 2 is 1.77 bits per heavy atom. The van der Waals surface area contributed by atoms with E-state index in [1.54, 1.807) is 44.2 Å². The van der Waals surface area contributed by atoms with E-state index in [4.69, 9.17) is 4.74 Å². The van der Waals surface area contributed by atoms with Crippen molar-refractivity contribution in [3.05, 3.63) is 35.9 Å². The SMILES string of the molecule is CCOC(=O)C(NNC(=O)c1ccccc1)C(CC)C(C)=O. The van der Waals surface area contributed by atoms with Gasteiger partial charge in [-0.2, -0.15) is 0 Å². The lowest BCUT2D eigenvalue weighted by Gasteiger charge is -2.23. The largest absolute Gasteiger partial charge is 0.465 e. The zero-order chi connectivity index (χ0) is 16.5. The summed E-state index contributed by atoms with van der Waals surface area (Å²) in [4.78, 5) is 35.7. The van der Waals surface area contributed by atoms with Crippen LogP contribution in [0.3, 0.4) is 0 Å². The van der Waals surface area contributed by atoms with Crippen molar-refractivity contribution in [2.75, 3.05) is 6.61 Å². The minimum atomic E-state index is -0.907. The molecule has 0 fully saturated rings. The molecule has 1 aromatic carbocycles. The van der Waals surface area contributed by atoms with E-state index in [-0.39, 0.29) is 18.3 Å². The number of hydrogen-bond donors (Lipinski definition) is 2. The Hall–Kier alpha value is -2.21. The van der Waals surface area contributed by atoms with Crippen LogP contribution in [-0.4, -0.2) is 30.3 Å². The second-order valence-corrected chi connectivity index (χ2v) is 4.82. The van der Waals surface area contributed by atoms with E-state index >= 15 is 0 Å². The Kier molecular flexibility index (Phi) is 7.25. The fourth-order valence-corrected chi connectivity index (χ4v) is 2.12. The summed E-state index contributed by atoms with van der Waals surface area (Å²) in [5.41, 5.74) is 5.56. The van der Waals surface area contributed by atoms with Gasteiger partial charge in [-0.05, 0) is 32.4 Å². The molecule has 0 aliphatic heterocycles. The summed E-state index contributed by atoms with van der Waals surface area (Å²) in [5, 5.41) is 0. The van der Waals surface area contributed by atoms with E-state index in [0.717, 1.165) is 0 Å². The Morgan fingerprint density at radius 3 is 2.27 bits per heavy atom. The van der Waals surface area contributed by atoms with Crippen LogP contribution >= 0.6 is 0 Å². The van der Waals surface area contributed by atoms with E-state index in [1.165, 1.54) is 6.92 Å². The highest BCUT2D eigenvalue weighted by molar-refractivity contribution is 5.94. The average Bonchev–Trinajstić information content (AvgIpc) is 2.51. The van der Waals surface area contributed by atoms with Crippen LogP contribution in [0.1, 0.15) is 37.6 Å². The van der Waals surface area contributed by atoms with Crippen molar-refractivity contribution < 1.29 is 19.1 Å². The van der Waals surface area contributed by atoms with Crippen molar-refractivity contribution in [2.24, 2.45) is 5.92 Å². The second kappa shape index (κ2) is 8.94. The second-order valence-electron chi connectivity index (χ2n) is 4.82. The van der Waals surface area contributed by atoms with Gasteiger partial charge in [-0.15, -0.1) is 0 Å². The van der Waals surface area contributed by atoms with Crippen LogP contribution in [0.25, 0.3) is 0 Å². The van der Waals surface area contributed by atoms with Crippen LogP contribution < -0.4 is 10.9 Å². The van der Waals surface area contributed by atoms with Gasteiger partial charge in [0.05, 0.1) is 6.61 Å². The van der Waals surface area contributed by atoms with Crippen LogP contribution in [0, 0.1) is 5.92 Å². The van der Waals surface area contributed by atoms with Gasteiger partial charge in [0.25, 0.3) is 5.91 Å². The minimum Gasteiger partial charge on any atom is -0.465 e. The number of ketones is 1. The predicted molar refractivity (Wildman–Crippen MR) is 81.9 cm³/mol. The standard InChI is InChI=1S/C16H22N2O4/c1-4-13(11(3)19)14(16(21)22-5-2)17-18-15(20)12-9-7-6-8-10-12/h6-10,13-14,17H,4-5H2,1-3H3,(H,18,20). The van der Waals surface area contributed by atoms with Gasteiger partial charge in [0.2, 0.25) is 0 Å². The van der Waals surface area contributed by atoms with Gasteiger partial charge in [0.1, 0.15) is 11.8 Å². The van der Waals surface area contributed by atoms with E-state index in [9.17, 15) is 14.4 Å². The highest BCUT2D eigenvalue weighted by atomic mass is 16.5. The summed E-state index contributed by atoms with van der Waals surface area (Å²) in [7, 11) is 0. The molecule has 0 heterocycles. The maximum atomic E-state index is 12.0. The van der Waals surface area contributed by atoms with Gasteiger partial charge in [0.15, 0.2) is 0 Å². The van der Waals surface area contributed by atoms with Gasteiger partial charge in [-0.3, -0.25) is 19.8 Å². The van der Waals surface area contributed by atoms with Gasteiger partial charge < -0.3 is 4.74 Å². The first-order valence-electron chi connectivity index (χ1n) is 7.29. The summed E-state index contributed by atoms with van der Waals surface area (Å²) >= 11 is 0. The molecule has 2 atom stereocenters. The molecule has 0 saturated heterocycles. The molecule has 1 rings (SSSR count). The maximum Gasteiger partial charge on any atom is 0.325 e. The number of esters is 1. The van der Waals surface area contributed by atoms with Crippen LogP contribution in [-0.2, 0) is 14.3 Å². The molecular weight excluding hydrogens is 284 g/mol. The molecule has 0 aliphatic rings. The molecule has 2 unspecified atom stereocenters. The number of carbonyl (C=O) groups is 3. The number of ether oxygens (including phenoxy) is 1. The van der Waals surface area contributed by atoms with Crippen molar-refractivity contribution in [2.45, 2.75) is 33.2 Å². The molecule has 1 amide bonds. The topological polar surface area (TPSA) is 84.5 Å². The normalized spacial score (nSPS) is 13.0. The van der Waals surface area contributed by atoms with Crippen molar-refractivity contribution in [1.29, 1.82) is 0 Å². The van der Waals surface area contributed by atoms with Crippen molar-refractivity contribution >= 4 is 17.7 Å². The van der Waals surface area contributed by atoms with E-state index in [0.29, 0.717) is 12.0 Å². The molecule has 1 aromatic rings. The van der Waals surface area contributed by atoms with Gasteiger partial charge in [0, 0.05) is 11.5 Å². The number of nitrogens with one attached hydrogen (secondary N) is 2. The van der Waals surface area contributed by atoms with Crippen molar-refractivity contribution in [3.8, 4) is 0 Å². The quantitative estimate of drug-likeness (QED) is 0.561. The fourth-order valence-electron chi connectivity index (χ4n) is 2.12. The molecule has 6 heteroatoms. The summed E-state index contributed by atoms with van der Waals surface area (Å²) in [5.74, 6) is -1.64. The molecule has 0 bridgehead atoms. The lowest BCUT2D eigenvalue weighted by atomic mass is 9.93. The van der Waals surface area contributed by atoms with Crippen LogP contribution in [0.2, 0.25) is 0 Å². The first-order valence-corrected chi connectivity index (χ1v) is 7.29. The van der Waals surface area contributed by atoms with E-state index in [2.05, 4.69) is 10.9 Å². The minimum absolute atomic E-state index is 0.137. The third-order valence-corrected chi connectivity index (χ3v) is 3.28. The van der Waals surface area contributed by atoms with Gasteiger partial charge in [-0.25, -0.2) is 5.43 Å². The first kappa shape index (κ1) is 17.8. The number of carbonyl (C=O) groups excluding carboxylic acids is 3. The molecule has 0 saturated carbocycles. The monoisotopic (exact) mass is 306 g/mol. The lowest BCUT2D eigenvalue weighted by Crippen LogP contribution is -2.53. The third-order valence-electron chi connectivity index (χ3n) is 3.28. The zero-order valence-corrected chi connectivity index (χ0v) is 13.1. The first-order chi connectivity index (χ1) is 10.5. The number of hydrazine groups is 1. The lowest BCUT2D eigenvalue weighted by molar-refractivity contribution is -0.149. The highest BCUT2D eigenvalue weighted by Crippen LogP contribution is 2.12. The molecule has 0 radical (unpaired) electrons. The van der Waals surface area contributed by atoms with Gasteiger partial charge in [-0.1, -0.05) is 25.1 Å². The number of Topliss-reactive ketones (excluding diaryl/α,β-unsaturated/α-hetero) is 1. The Balaban J connectivity index is 2.78. The average molecular weight is 306 g/mol. The van der Waals surface area contributed by atoms with E-state index in [1.807, 2.05) is 0 Å². The van der Waals surface area contributed by atoms with Crippen molar-refractivity contribution in [3.63, 3.8) is 0 Å². The molecule has 120 valence electrons.